The number of aryl methyl sites for hydroxylation is 1. The van der Waals surface area contributed by atoms with Crippen molar-refractivity contribution in [2.24, 2.45) is 24.8 Å². The minimum atomic E-state index is 0.129. The molecule has 0 N–H and O–H groups in total. The maximum Gasteiger partial charge on any atom is 0.226 e. The highest BCUT2D eigenvalue weighted by atomic mass is 16.2. The van der Waals surface area contributed by atoms with Crippen molar-refractivity contribution in [1.29, 1.82) is 0 Å². The standard InChI is InChI=1S/C23H28N4O/c1-25-10-9-24-22(25)21(18-5-3-2-4-6-18)26-11-13-27(14-12-26)23(28)20-16-17-7-8-19(20)15-17/h2-10,17,19-21H,11-16H2,1H3/t17-,19+,20-,21+/m1/s1. The zero-order chi connectivity index (χ0) is 19.1. The van der Waals surface area contributed by atoms with Crippen LogP contribution in [0.2, 0.25) is 0 Å². The number of benzene rings is 1. The molecule has 1 saturated heterocycles. The molecule has 1 amide bonds. The number of piperazine rings is 1. The summed E-state index contributed by atoms with van der Waals surface area (Å²) in [5.74, 6) is 2.79. The van der Waals surface area contributed by atoms with Crippen LogP contribution in [0.3, 0.4) is 0 Å². The summed E-state index contributed by atoms with van der Waals surface area (Å²) in [7, 11) is 2.06. The third kappa shape index (κ3) is 3.08. The molecular formula is C23H28N4O. The zero-order valence-electron chi connectivity index (χ0n) is 16.4. The maximum atomic E-state index is 13.1. The maximum absolute atomic E-state index is 13.1. The number of amides is 1. The fraction of sp³-hybridized carbons (Fsp3) is 0.478. The summed E-state index contributed by atoms with van der Waals surface area (Å²) in [6.45, 7) is 3.39. The van der Waals surface area contributed by atoms with Gasteiger partial charge in [0.15, 0.2) is 0 Å². The Bertz CT molecular complexity index is 866. The number of nitrogens with zero attached hydrogens (tertiary/aromatic N) is 4. The molecule has 1 aromatic carbocycles. The molecule has 1 saturated carbocycles. The number of imidazole rings is 1. The van der Waals surface area contributed by atoms with Gasteiger partial charge in [-0.2, -0.15) is 0 Å². The fourth-order valence-electron chi connectivity index (χ4n) is 5.30. The first-order chi connectivity index (χ1) is 13.7. The van der Waals surface area contributed by atoms with Crippen LogP contribution in [0.5, 0.6) is 0 Å². The molecule has 146 valence electrons. The Hall–Kier alpha value is -2.40. The fourth-order valence-corrected chi connectivity index (χ4v) is 5.30. The van der Waals surface area contributed by atoms with Gasteiger partial charge in [-0.05, 0) is 30.2 Å². The first kappa shape index (κ1) is 17.7. The minimum Gasteiger partial charge on any atom is -0.340 e. The summed E-state index contributed by atoms with van der Waals surface area (Å²) in [6.07, 6.45) is 10.7. The molecule has 4 atom stereocenters. The summed E-state index contributed by atoms with van der Waals surface area (Å²) in [5, 5.41) is 0. The van der Waals surface area contributed by atoms with Crippen LogP contribution in [0.25, 0.3) is 0 Å². The number of hydrogen-bond donors (Lipinski definition) is 0. The molecule has 2 aromatic rings. The van der Waals surface area contributed by atoms with E-state index in [1.54, 1.807) is 0 Å². The van der Waals surface area contributed by atoms with Crippen molar-refractivity contribution in [3.8, 4) is 0 Å². The molecule has 1 aromatic heterocycles. The number of carbonyl (C=O) groups is 1. The van der Waals surface area contributed by atoms with Gasteiger partial charge in [0.05, 0.1) is 6.04 Å². The van der Waals surface area contributed by atoms with Gasteiger partial charge in [-0.15, -0.1) is 0 Å². The number of allylic oxidation sites excluding steroid dienone is 2. The van der Waals surface area contributed by atoms with E-state index in [0.29, 0.717) is 17.7 Å². The van der Waals surface area contributed by atoms with Crippen LogP contribution in [0.4, 0.5) is 0 Å². The van der Waals surface area contributed by atoms with Gasteiger partial charge in [0.2, 0.25) is 5.91 Å². The normalized spacial score (nSPS) is 28.0. The average molecular weight is 377 g/mol. The van der Waals surface area contributed by atoms with E-state index in [1.807, 2.05) is 12.4 Å². The highest BCUT2D eigenvalue weighted by Crippen LogP contribution is 2.44. The molecule has 5 rings (SSSR count). The predicted octanol–water partition coefficient (Wildman–Crippen LogP) is 2.87. The molecule has 3 aliphatic rings. The number of aromatic nitrogens is 2. The Kier molecular flexibility index (Phi) is 4.55. The topological polar surface area (TPSA) is 41.4 Å². The molecule has 1 aliphatic heterocycles. The lowest BCUT2D eigenvalue weighted by Gasteiger charge is -2.40. The van der Waals surface area contributed by atoms with Gasteiger partial charge in [-0.25, -0.2) is 4.98 Å². The minimum absolute atomic E-state index is 0.129. The summed E-state index contributed by atoms with van der Waals surface area (Å²) < 4.78 is 2.11. The van der Waals surface area contributed by atoms with Crippen LogP contribution in [-0.4, -0.2) is 51.4 Å². The van der Waals surface area contributed by atoms with Gasteiger partial charge >= 0.3 is 0 Å². The number of fused-ring (bicyclic) bond motifs is 2. The molecule has 28 heavy (non-hydrogen) atoms. The highest BCUT2D eigenvalue weighted by molar-refractivity contribution is 5.80. The van der Waals surface area contributed by atoms with Crippen molar-refractivity contribution < 1.29 is 4.79 Å². The average Bonchev–Trinajstić information content (AvgIpc) is 3.47. The molecule has 0 unspecified atom stereocenters. The predicted molar refractivity (Wildman–Crippen MR) is 108 cm³/mol. The van der Waals surface area contributed by atoms with E-state index >= 15 is 0 Å². The summed E-state index contributed by atoms with van der Waals surface area (Å²) >= 11 is 0. The number of rotatable bonds is 4. The highest BCUT2D eigenvalue weighted by Gasteiger charge is 2.42. The van der Waals surface area contributed by atoms with Gasteiger partial charge in [0, 0.05) is 51.5 Å². The second-order valence-electron chi connectivity index (χ2n) is 8.46. The van der Waals surface area contributed by atoms with Crippen LogP contribution in [0.15, 0.2) is 54.9 Å². The third-order valence-corrected chi connectivity index (χ3v) is 6.81. The second kappa shape index (κ2) is 7.21. The van der Waals surface area contributed by atoms with Crippen molar-refractivity contribution in [1.82, 2.24) is 19.4 Å². The van der Waals surface area contributed by atoms with Gasteiger partial charge in [-0.1, -0.05) is 42.5 Å². The van der Waals surface area contributed by atoms with Crippen LogP contribution in [0.1, 0.15) is 30.3 Å². The van der Waals surface area contributed by atoms with E-state index in [4.69, 9.17) is 0 Å². The van der Waals surface area contributed by atoms with E-state index in [1.165, 1.54) is 12.0 Å². The molecule has 2 heterocycles. The molecule has 0 radical (unpaired) electrons. The quantitative estimate of drug-likeness (QED) is 0.771. The zero-order valence-corrected chi connectivity index (χ0v) is 16.4. The molecule has 5 heteroatoms. The van der Waals surface area contributed by atoms with E-state index in [2.05, 4.69) is 68.9 Å². The van der Waals surface area contributed by atoms with E-state index in [9.17, 15) is 4.79 Å². The smallest absolute Gasteiger partial charge is 0.226 e. The number of carbonyl (C=O) groups excluding carboxylic acids is 1. The molecule has 2 bridgehead atoms. The Labute approximate surface area is 166 Å². The molecule has 2 aliphatic carbocycles. The van der Waals surface area contributed by atoms with E-state index in [-0.39, 0.29) is 12.0 Å². The van der Waals surface area contributed by atoms with E-state index in [0.717, 1.165) is 38.4 Å². The van der Waals surface area contributed by atoms with Gasteiger partial charge in [-0.3, -0.25) is 9.69 Å². The van der Waals surface area contributed by atoms with Crippen LogP contribution in [-0.2, 0) is 11.8 Å². The number of hydrogen-bond acceptors (Lipinski definition) is 3. The van der Waals surface area contributed by atoms with Crippen molar-refractivity contribution in [3.63, 3.8) is 0 Å². The van der Waals surface area contributed by atoms with Gasteiger partial charge in [0.25, 0.3) is 0 Å². The van der Waals surface area contributed by atoms with Crippen molar-refractivity contribution >= 4 is 5.91 Å². The first-order valence-electron chi connectivity index (χ1n) is 10.4. The van der Waals surface area contributed by atoms with Crippen molar-refractivity contribution in [2.75, 3.05) is 26.2 Å². The Balaban J connectivity index is 1.31. The lowest BCUT2D eigenvalue weighted by atomic mass is 9.92. The molecular weight excluding hydrogens is 348 g/mol. The molecule has 0 spiro atoms. The SMILES string of the molecule is Cn1ccnc1[C@H](c1ccccc1)N1CCN(C(=O)[C@@H]2C[C@@H]3C=C[C@H]2C3)CC1. The summed E-state index contributed by atoms with van der Waals surface area (Å²) in [5.41, 5.74) is 1.26. The van der Waals surface area contributed by atoms with E-state index < -0.39 is 0 Å². The largest absolute Gasteiger partial charge is 0.340 e. The second-order valence-corrected chi connectivity index (χ2v) is 8.46. The van der Waals surface area contributed by atoms with Crippen molar-refractivity contribution in [3.05, 3.63) is 66.3 Å². The van der Waals surface area contributed by atoms with Gasteiger partial charge in [0.1, 0.15) is 5.82 Å². The Morgan fingerprint density at radius 3 is 2.46 bits per heavy atom. The monoisotopic (exact) mass is 376 g/mol. The lowest BCUT2D eigenvalue weighted by molar-refractivity contribution is -0.138. The summed E-state index contributed by atoms with van der Waals surface area (Å²) in [4.78, 5) is 22.3. The van der Waals surface area contributed by atoms with Crippen LogP contribution < -0.4 is 0 Å². The van der Waals surface area contributed by atoms with Crippen LogP contribution >= 0.6 is 0 Å². The van der Waals surface area contributed by atoms with Crippen LogP contribution in [0, 0.1) is 17.8 Å². The Morgan fingerprint density at radius 2 is 1.86 bits per heavy atom. The van der Waals surface area contributed by atoms with Gasteiger partial charge < -0.3 is 9.47 Å². The third-order valence-electron chi connectivity index (χ3n) is 6.81. The Morgan fingerprint density at radius 1 is 1.07 bits per heavy atom. The summed E-state index contributed by atoms with van der Waals surface area (Å²) in [6, 6.07) is 10.7. The molecule has 5 nitrogen and oxygen atoms in total. The first-order valence-corrected chi connectivity index (χ1v) is 10.4. The molecule has 2 fully saturated rings. The lowest BCUT2D eigenvalue weighted by Crippen LogP contribution is -2.52. The van der Waals surface area contributed by atoms with Crippen molar-refractivity contribution in [2.45, 2.75) is 18.9 Å².